The molecule has 2 nitrogen and oxygen atoms in total. The number of hydrogen-bond acceptors (Lipinski definition) is 2. The third-order valence-electron chi connectivity index (χ3n) is 3.45. The van der Waals surface area contributed by atoms with Crippen molar-refractivity contribution in [3.05, 3.63) is 59.9 Å². The Bertz CT molecular complexity index is 524. The summed E-state index contributed by atoms with van der Waals surface area (Å²) in [6.07, 6.45) is 5.11. The second-order valence-corrected chi connectivity index (χ2v) is 5.02. The molecule has 1 aromatic heterocycles. The molecule has 18 heavy (non-hydrogen) atoms. The Balaban J connectivity index is 1.56. The SMILES string of the molecule is Cc1cncc([C@H]2C[C@@H]2COc2ccccc2)c1. The third-order valence-corrected chi connectivity index (χ3v) is 3.45. The highest BCUT2D eigenvalue weighted by atomic mass is 16.5. The lowest BCUT2D eigenvalue weighted by Gasteiger charge is -2.05. The standard InChI is InChI=1S/C16H17NO/c1-12-7-13(10-17-9-12)16-8-14(16)11-18-15-5-3-2-4-6-15/h2-7,9-10,14,16H,8,11H2,1H3/t14-,16-/m1/s1. The molecule has 1 saturated carbocycles. The van der Waals surface area contributed by atoms with Gasteiger partial charge in [0, 0.05) is 18.3 Å². The largest absolute Gasteiger partial charge is 0.493 e. The van der Waals surface area contributed by atoms with Crippen LogP contribution in [0.3, 0.4) is 0 Å². The van der Waals surface area contributed by atoms with E-state index >= 15 is 0 Å². The lowest BCUT2D eigenvalue weighted by molar-refractivity contribution is 0.297. The van der Waals surface area contributed by atoms with Gasteiger partial charge >= 0.3 is 0 Å². The molecule has 0 saturated heterocycles. The van der Waals surface area contributed by atoms with Crippen LogP contribution in [0.2, 0.25) is 0 Å². The summed E-state index contributed by atoms with van der Waals surface area (Å²) in [5, 5.41) is 0. The summed E-state index contributed by atoms with van der Waals surface area (Å²) >= 11 is 0. The van der Waals surface area contributed by atoms with Gasteiger partial charge < -0.3 is 4.74 Å². The molecule has 92 valence electrons. The van der Waals surface area contributed by atoms with E-state index in [-0.39, 0.29) is 0 Å². The molecular weight excluding hydrogens is 222 g/mol. The van der Waals surface area contributed by atoms with Crippen LogP contribution in [-0.4, -0.2) is 11.6 Å². The molecule has 1 aliphatic rings. The summed E-state index contributed by atoms with van der Waals surface area (Å²) in [4.78, 5) is 4.26. The molecule has 1 aliphatic carbocycles. The van der Waals surface area contributed by atoms with Gasteiger partial charge in [0.25, 0.3) is 0 Å². The second kappa shape index (κ2) is 4.81. The van der Waals surface area contributed by atoms with Gasteiger partial charge in [-0.05, 0) is 42.5 Å². The second-order valence-electron chi connectivity index (χ2n) is 5.02. The lowest BCUT2D eigenvalue weighted by Crippen LogP contribution is -2.00. The molecule has 0 N–H and O–H groups in total. The maximum atomic E-state index is 5.79. The first-order valence-corrected chi connectivity index (χ1v) is 6.42. The topological polar surface area (TPSA) is 22.1 Å². The van der Waals surface area contributed by atoms with Gasteiger partial charge in [0.05, 0.1) is 6.61 Å². The normalized spacial score (nSPS) is 21.6. The number of aryl methyl sites for hydroxylation is 1. The van der Waals surface area contributed by atoms with Crippen LogP contribution in [0.15, 0.2) is 48.8 Å². The van der Waals surface area contributed by atoms with Crippen LogP contribution in [0.5, 0.6) is 5.75 Å². The highest BCUT2D eigenvalue weighted by Gasteiger charge is 2.39. The Morgan fingerprint density at radius 3 is 2.83 bits per heavy atom. The van der Waals surface area contributed by atoms with Crippen LogP contribution in [-0.2, 0) is 0 Å². The maximum Gasteiger partial charge on any atom is 0.119 e. The predicted molar refractivity (Wildman–Crippen MR) is 71.8 cm³/mol. The van der Waals surface area contributed by atoms with Crippen LogP contribution < -0.4 is 4.74 Å². The van der Waals surface area contributed by atoms with Crippen molar-refractivity contribution in [2.75, 3.05) is 6.61 Å². The van der Waals surface area contributed by atoms with Gasteiger partial charge in [-0.3, -0.25) is 4.98 Å². The predicted octanol–water partition coefficient (Wildman–Crippen LogP) is 3.57. The molecule has 0 bridgehead atoms. The molecular formula is C16H17NO. The van der Waals surface area contributed by atoms with E-state index in [0.717, 1.165) is 12.4 Å². The summed E-state index contributed by atoms with van der Waals surface area (Å²) < 4.78 is 5.79. The zero-order valence-electron chi connectivity index (χ0n) is 10.5. The third kappa shape index (κ3) is 2.53. The van der Waals surface area contributed by atoms with E-state index in [1.54, 1.807) is 0 Å². The van der Waals surface area contributed by atoms with Gasteiger partial charge in [-0.15, -0.1) is 0 Å². The first-order valence-electron chi connectivity index (χ1n) is 6.42. The van der Waals surface area contributed by atoms with E-state index in [1.807, 2.05) is 42.7 Å². The van der Waals surface area contributed by atoms with Crippen molar-refractivity contribution in [2.24, 2.45) is 5.92 Å². The molecule has 0 spiro atoms. The molecule has 0 radical (unpaired) electrons. The molecule has 0 aliphatic heterocycles. The smallest absolute Gasteiger partial charge is 0.119 e. The Kier molecular flexibility index (Phi) is 3.01. The fourth-order valence-electron chi connectivity index (χ4n) is 2.34. The summed E-state index contributed by atoms with van der Waals surface area (Å²) in [5.41, 5.74) is 2.60. The minimum atomic E-state index is 0.640. The Morgan fingerprint density at radius 2 is 2.06 bits per heavy atom. The molecule has 2 atom stereocenters. The van der Waals surface area contributed by atoms with Crippen LogP contribution in [0.4, 0.5) is 0 Å². The van der Waals surface area contributed by atoms with Crippen LogP contribution in [0, 0.1) is 12.8 Å². The summed E-state index contributed by atoms with van der Waals surface area (Å²) in [6, 6.07) is 12.3. The average Bonchev–Trinajstić information content (AvgIpc) is 3.17. The number of rotatable bonds is 4. The van der Waals surface area contributed by atoms with Crippen molar-refractivity contribution < 1.29 is 4.74 Å². The monoisotopic (exact) mass is 239 g/mol. The highest BCUT2D eigenvalue weighted by molar-refractivity contribution is 5.27. The van der Waals surface area contributed by atoms with Crippen molar-refractivity contribution in [3.63, 3.8) is 0 Å². The van der Waals surface area contributed by atoms with Crippen molar-refractivity contribution in [3.8, 4) is 5.75 Å². The fraction of sp³-hybridized carbons (Fsp3) is 0.312. The van der Waals surface area contributed by atoms with Crippen molar-refractivity contribution in [2.45, 2.75) is 19.3 Å². The van der Waals surface area contributed by atoms with Gasteiger partial charge in [-0.2, -0.15) is 0 Å². The van der Waals surface area contributed by atoms with E-state index in [0.29, 0.717) is 11.8 Å². The minimum absolute atomic E-state index is 0.640. The zero-order valence-corrected chi connectivity index (χ0v) is 10.5. The summed E-state index contributed by atoms with van der Waals surface area (Å²) in [5.74, 6) is 2.25. The molecule has 2 heteroatoms. The zero-order chi connectivity index (χ0) is 12.4. The van der Waals surface area contributed by atoms with Gasteiger partial charge in [0.15, 0.2) is 0 Å². The van der Waals surface area contributed by atoms with E-state index < -0.39 is 0 Å². The number of benzene rings is 1. The molecule has 1 heterocycles. The number of aromatic nitrogens is 1. The van der Waals surface area contributed by atoms with Crippen LogP contribution >= 0.6 is 0 Å². The molecule has 2 aromatic rings. The highest BCUT2D eigenvalue weighted by Crippen LogP contribution is 2.47. The first kappa shape index (κ1) is 11.3. The van der Waals surface area contributed by atoms with Gasteiger partial charge in [0.1, 0.15) is 5.75 Å². The van der Waals surface area contributed by atoms with Crippen molar-refractivity contribution >= 4 is 0 Å². The van der Waals surface area contributed by atoms with E-state index in [4.69, 9.17) is 4.74 Å². The first-order chi connectivity index (χ1) is 8.83. The Hall–Kier alpha value is -1.83. The molecule has 0 unspecified atom stereocenters. The average molecular weight is 239 g/mol. The molecule has 0 amide bonds. The number of hydrogen-bond donors (Lipinski definition) is 0. The molecule has 1 fully saturated rings. The minimum Gasteiger partial charge on any atom is -0.493 e. The van der Waals surface area contributed by atoms with Gasteiger partial charge in [-0.1, -0.05) is 24.3 Å². The van der Waals surface area contributed by atoms with Crippen molar-refractivity contribution in [1.82, 2.24) is 4.98 Å². The van der Waals surface area contributed by atoms with Gasteiger partial charge in [-0.25, -0.2) is 0 Å². The van der Waals surface area contributed by atoms with E-state index in [1.165, 1.54) is 17.5 Å². The summed E-state index contributed by atoms with van der Waals surface area (Å²) in [6.45, 7) is 2.90. The number of ether oxygens (including phenoxy) is 1. The lowest BCUT2D eigenvalue weighted by atomic mass is 10.1. The van der Waals surface area contributed by atoms with Gasteiger partial charge in [0.2, 0.25) is 0 Å². The van der Waals surface area contributed by atoms with Crippen LogP contribution in [0.1, 0.15) is 23.5 Å². The molecule has 3 rings (SSSR count). The Labute approximate surface area is 108 Å². The van der Waals surface area contributed by atoms with Crippen LogP contribution in [0.25, 0.3) is 0 Å². The number of pyridine rings is 1. The quantitative estimate of drug-likeness (QED) is 0.813. The van der Waals surface area contributed by atoms with E-state index in [2.05, 4.69) is 18.0 Å². The number of para-hydroxylation sites is 1. The molecule has 1 aromatic carbocycles. The maximum absolute atomic E-state index is 5.79. The fourth-order valence-corrected chi connectivity index (χ4v) is 2.34. The number of nitrogens with zero attached hydrogens (tertiary/aromatic N) is 1. The van der Waals surface area contributed by atoms with E-state index in [9.17, 15) is 0 Å². The summed E-state index contributed by atoms with van der Waals surface area (Å²) in [7, 11) is 0. The van der Waals surface area contributed by atoms with Crippen molar-refractivity contribution in [1.29, 1.82) is 0 Å². The Morgan fingerprint density at radius 1 is 1.22 bits per heavy atom.